The first-order valence-electron chi connectivity index (χ1n) is 6.12. The number of carbonyl (C=O) groups is 1. The van der Waals surface area contributed by atoms with Crippen LogP contribution < -0.4 is 0 Å². The van der Waals surface area contributed by atoms with Crippen LogP contribution in [0.1, 0.15) is 12.0 Å². The molecule has 2 rings (SSSR count). The van der Waals surface area contributed by atoms with Crippen LogP contribution in [-0.2, 0) is 11.3 Å². The van der Waals surface area contributed by atoms with Crippen LogP contribution in [0.4, 0.5) is 13.2 Å². The fraction of sp³-hybridized carbons (Fsp3) is 0.462. The predicted molar refractivity (Wildman–Crippen MR) is 72.5 cm³/mol. The minimum atomic E-state index is -4.77. The molecule has 1 heterocycles. The first-order chi connectivity index (χ1) is 9.65. The van der Waals surface area contributed by atoms with Crippen molar-refractivity contribution in [1.29, 1.82) is 0 Å². The van der Waals surface area contributed by atoms with Crippen LogP contribution in [0.25, 0.3) is 0 Å². The van der Waals surface area contributed by atoms with Gasteiger partial charge in [0.05, 0.1) is 10.0 Å². The van der Waals surface area contributed by atoms with Crippen molar-refractivity contribution in [1.82, 2.24) is 4.90 Å². The van der Waals surface area contributed by atoms with Gasteiger partial charge in [-0.3, -0.25) is 9.69 Å². The maximum Gasteiger partial charge on any atom is 0.406 e. The van der Waals surface area contributed by atoms with Crippen molar-refractivity contribution in [3.63, 3.8) is 0 Å². The van der Waals surface area contributed by atoms with Crippen molar-refractivity contribution >= 4 is 29.2 Å². The van der Waals surface area contributed by atoms with Crippen molar-refractivity contribution in [2.45, 2.75) is 19.1 Å². The third kappa shape index (κ3) is 3.12. The molecule has 0 amide bonds. The second-order valence-electron chi connectivity index (χ2n) is 5.09. The highest BCUT2D eigenvalue weighted by molar-refractivity contribution is 6.42. The van der Waals surface area contributed by atoms with Gasteiger partial charge in [0.15, 0.2) is 5.41 Å². The minimum absolute atomic E-state index is 0.0616. The van der Waals surface area contributed by atoms with Crippen molar-refractivity contribution in [3.8, 4) is 0 Å². The molecule has 21 heavy (non-hydrogen) atoms. The van der Waals surface area contributed by atoms with Gasteiger partial charge in [0.25, 0.3) is 0 Å². The van der Waals surface area contributed by atoms with Crippen LogP contribution in [0, 0.1) is 5.41 Å². The smallest absolute Gasteiger partial charge is 0.406 e. The number of aliphatic carboxylic acids is 1. The monoisotopic (exact) mass is 341 g/mol. The number of rotatable bonds is 3. The standard InChI is InChI=1S/C13H12Cl2F3NO2/c14-9-2-1-8(5-10(9)15)6-19-4-3-12(7-19,11(20)21)13(16,17)18/h1-2,5H,3-4,6-7H2,(H,20,21). The van der Waals surface area contributed by atoms with Gasteiger partial charge in [-0.2, -0.15) is 13.2 Å². The lowest BCUT2D eigenvalue weighted by molar-refractivity contribution is -0.227. The van der Waals surface area contributed by atoms with E-state index in [9.17, 15) is 18.0 Å². The SMILES string of the molecule is O=C(O)C1(C(F)(F)F)CCN(Cc2ccc(Cl)c(Cl)c2)C1. The molecule has 0 bridgehead atoms. The Bertz CT molecular complexity index is 565. The van der Waals surface area contributed by atoms with Gasteiger partial charge in [-0.05, 0) is 24.1 Å². The number of halogens is 5. The zero-order chi connectivity index (χ0) is 15.8. The number of likely N-dealkylation sites (tertiary alicyclic amines) is 1. The van der Waals surface area contributed by atoms with Crippen LogP contribution in [-0.4, -0.2) is 35.2 Å². The zero-order valence-electron chi connectivity index (χ0n) is 10.8. The van der Waals surface area contributed by atoms with E-state index in [1.165, 1.54) is 4.90 Å². The average molecular weight is 342 g/mol. The Kier molecular flexibility index (Phi) is 4.42. The van der Waals surface area contributed by atoms with E-state index in [-0.39, 0.29) is 13.1 Å². The second kappa shape index (κ2) is 5.66. The van der Waals surface area contributed by atoms with Crippen molar-refractivity contribution in [2.24, 2.45) is 5.41 Å². The number of alkyl halides is 3. The van der Waals surface area contributed by atoms with E-state index in [0.717, 1.165) is 0 Å². The molecule has 1 unspecified atom stereocenters. The quantitative estimate of drug-likeness (QED) is 0.908. The van der Waals surface area contributed by atoms with E-state index < -0.39 is 30.5 Å². The van der Waals surface area contributed by atoms with Crippen molar-refractivity contribution in [3.05, 3.63) is 33.8 Å². The van der Waals surface area contributed by atoms with Gasteiger partial charge in [0.1, 0.15) is 0 Å². The van der Waals surface area contributed by atoms with Crippen LogP contribution in [0.2, 0.25) is 10.0 Å². The summed E-state index contributed by atoms with van der Waals surface area (Å²) in [6.07, 6.45) is -5.22. The molecule has 1 fully saturated rings. The molecule has 0 aliphatic carbocycles. The number of hydrogen-bond donors (Lipinski definition) is 1. The lowest BCUT2D eigenvalue weighted by Gasteiger charge is -2.27. The van der Waals surface area contributed by atoms with E-state index in [1.807, 2.05) is 0 Å². The molecule has 0 spiro atoms. The molecule has 1 atom stereocenters. The summed E-state index contributed by atoms with van der Waals surface area (Å²) in [6.45, 7) is -0.305. The van der Waals surface area contributed by atoms with Crippen LogP contribution >= 0.6 is 23.2 Å². The Morgan fingerprint density at radius 1 is 1.33 bits per heavy atom. The number of carboxylic acids is 1. The molecular formula is C13H12Cl2F3NO2. The Morgan fingerprint density at radius 2 is 2.00 bits per heavy atom. The van der Waals surface area contributed by atoms with E-state index in [0.29, 0.717) is 15.6 Å². The molecule has 0 radical (unpaired) electrons. The Hall–Kier alpha value is -0.980. The maximum absolute atomic E-state index is 13.0. The highest BCUT2D eigenvalue weighted by atomic mass is 35.5. The number of nitrogens with zero attached hydrogens (tertiary/aromatic N) is 1. The van der Waals surface area contributed by atoms with Crippen molar-refractivity contribution < 1.29 is 23.1 Å². The third-order valence-corrected chi connectivity index (χ3v) is 4.43. The molecule has 8 heteroatoms. The summed E-state index contributed by atoms with van der Waals surface area (Å²) < 4.78 is 39.1. The first kappa shape index (κ1) is 16.4. The molecule has 1 N–H and O–H groups in total. The molecule has 1 aromatic carbocycles. The zero-order valence-corrected chi connectivity index (χ0v) is 12.3. The number of carboxylic acid groups (broad SMARTS) is 1. The molecule has 1 aliphatic heterocycles. The fourth-order valence-electron chi connectivity index (χ4n) is 2.45. The number of benzene rings is 1. The predicted octanol–water partition coefficient (Wildman–Crippen LogP) is 3.83. The summed E-state index contributed by atoms with van der Waals surface area (Å²) in [5, 5.41) is 9.65. The molecular weight excluding hydrogens is 330 g/mol. The van der Waals surface area contributed by atoms with Crippen molar-refractivity contribution in [2.75, 3.05) is 13.1 Å². The highest BCUT2D eigenvalue weighted by Gasteiger charge is 2.63. The normalized spacial score (nSPS) is 23.5. The lowest BCUT2D eigenvalue weighted by atomic mass is 9.86. The average Bonchev–Trinajstić information content (AvgIpc) is 2.79. The van der Waals surface area contributed by atoms with Crippen LogP contribution in [0.5, 0.6) is 0 Å². The van der Waals surface area contributed by atoms with Crippen LogP contribution in [0.15, 0.2) is 18.2 Å². The topological polar surface area (TPSA) is 40.5 Å². The van der Waals surface area contributed by atoms with Gasteiger partial charge in [-0.25, -0.2) is 0 Å². The molecule has 116 valence electrons. The Balaban J connectivity index is 2.14. The Labute approximate surface area is 129 Å². The van der Waals surface area contributed by atoms with E-state index in [4.69, 9.17) is 28.3 Å². The van der Waals surface area contributed by atoms with E-state index >= 15 is 0 Å². The second-order valence-corrected chi connectivity index (χ2v) is 5.91. The molecule has 1 aromatic rings. The summed E-state index contributed by atoms with van der Waals surface area (Å²) in [5.74, 6) is -1.83. The summed E-state index contributed by atoms with van der Waals surface area (Å²) in [4.78, 5) is 12.5. The van der Waals surface area contributed by atoms with Gasteiger partial charge < -0.3 is 5.11 Å². The highest BCUT2D eigenvalue weighted by Crippen LogP contribution is 2.46. The molecule has 0 aromatic heterocycles. The molecule has 1 saturated heterocycles. The summed E-state index contributed by atoms with van der Waals surface area (Å²) in [5.41, 5.74) is -2.00. The fourth-order valence-corrected chi connectivity index (χ4v) is 2.77. The number of hydrogen-bond acceptors (Lipinski definition) is 2. The summed E-state index contributed by atoms with van der Waals surface area (Å²) in [7, 11) is 0. The lowest BCUT2D eigenvalue weighted by Crippen LogP contribution is -2.47. The van der Waals surface area contributed by atoms with Gasteiger partial charge in [0, 0.05) is 19.6 Å². The minimum Gasteiger partial charge on any atom is -0.481 e. The van der Waals surface area contributed by atoms with Gasteiger partial charge in [-0.15, -0.1) is 0 Å². The largest absolute Gasteiger partial charge is 0.481 e. The van der Waals surface area contributed by atoms with E-state index in [1.54, 1.807) is 18.2 Å². The Morgan fingerprint density at radius 3 is 2.48 bits per heavy atom. The van der Waals surface area contributed by atoms with Crippen LogP contribution in [0.3, 0.4) is 0 Å². The molecule has 0 saturated carbocycles. The van der Waals surface area contributed by atoms with Gasteiger partial charge >= 0.3 is 12.1 Å². The van der Waals surface area contributed by atoms with E-state index in [2.05, 4.69) is 0 Å². The van der Waals surface area contributed by atoms with Gasteiger partial charge in [-0.1, -0.05) is 29.3 Å². The first-order valence-corrected chi connectivity index (χ1v) is 6.88. The summed E-state index contributed by atoms with van der Waals surface area (Å²) in [6, 6.07) is 4.78. The third-order valence-electron chi connectivity index (χ3n) is 3.69. The molecule has 3 nitrogen and oxygen atoms in total. The summed E-state index contributed by atoms with van der Waals surface area (Å²) >= 11 is 11.6. The van der Waals surface area contributed by atoms with Gasteiger partial charge in [0.2, 0.25) is 0 Å². The molecule has 1 aliphatic rings. The maximum atomic E-state index is 13.0.